The summed E-state index contributed by atoms with van der Waals surface area (Å²) in [6.45, 7) is 2.30. The monoisotopic (exact) mass is 444 g/mol. The van der Waals surface area contributed by atoms with Gasteiger partial charge in [0, 0.05) is 17.3 Å². The molecule has 0 spiro atoms. The molecule has 10 nitrogen and oxygen atoms in total. The van der Waals surface area contributed by atoms with Crippen molar-refractivity contribution in [1.29, 1.82) is 0 Å². The third kappa shape index (κ3) is 3.15. The molecule has 1 fully saturated rings. The summed E-state index contributed by atoms with van der Waals surface area (Å²) in [5.41, 5.74) is -0.322. The molecule has 2 atom stereocenters. The number of benzene rings is 1. The number of oxazole rings is 1. The van der Waals surface area contributed by atoms with Crippen LogP contribution in [-0.4, -0.2) is 50.2 Å². The molecule has 2 aromatic heterocycles. The smallest absolute Gasteiger partial charge is 0.276 e. The Kier molecular flexibility index (Phi) is 4.49. The van der Waals surface area contributed by atoms with Crippen molar-refractivity contribution >= 4 is 34.5 Å². The number of hydrogen-bond acceptors (Lipinski definition) is 7. The lowest BCUT2D eigenvalue weighted by Crippen LogP contribution is -2.49. The Bertz CT molecular complexity index is 1300. The molecule has 0 radical (unpaired) electrons. The molecule has 3 aromatic rings. The SMILES string of the molecule is C[C@H]1CO[C@@H]2Cn3cc(C(=O)NCc4nc5ccc(Cl)cc5o4)c(=O)c(O)c3C(=O)N12. The molecular weight excluding hydrogens is 428 g/mol. The first-order chi connectivity index (χ1) is 14.8. The van der Waals surface area contributed by atoms with Crippen LogP contribution in [0.15, 0.2) is 33.6 Å². The minimum atomic E-state index is -0.923. The van der Waals surface area contributed by atoms with Crippen LogP contribution in [0.1, 0.15) is 33.7 Å². The maximum absolute atomic E-state index is 12.8. The third-order valence-electron chi connectivity index (χ3n) is 5.40. The Morgan fingerprint density at radius 1 is 1.39 bits per heavy atom. The van der Waals surface area contributed by atoms with E-state index in [0.717, 1.165) is 0 Å². The van der Waals surface area contributed by atoms with Crippen molar-refractivity contribution in [3.63, 3.8) is 0 Å². The number of nitrogens with zero attached hydrogens (tertiary/aromatic N) is 3. The number of amides is 2. The molecule has 1 saturated heterocycles. The van der Waals surface area contributed by atoms with Crippen molar-refractivity contribution in [3.8, 4) is 5.75 Å². The number of hydrogen-bond donors (Lipinski definition) is 2. The Morgan fingerprint density at radius 3 is 3.00 bits per heavy atom. The van der Waals surface area contributed by atoms with E-state index in [-0.39, 0.29) is 36.3 Å². The van der Waals surface area contributed by atoms with Crippen LogP contribution in [-0.2, 0) is 17.8 Å². The second-order valence-corrected chi connectivity index (χ2v) is 7.91. The maximum Gasteiger partial charge on any atom is 0.276 e. The highest BCUT2D eigenvalue weighted by molar-refractivity contribution is 6.31. The number of ether oxygens (including phenoxy) is 1. The summed E-state index contributed by atoms with van der Waals surface area (Å²) in [4.78, 5) is 43.8. The lowest BCUT2D eigenvalue weighted by molar-refractivity contribution is 0.00624. The number of fused-ring (bicyclic) bond motifs is 3. The minimum Gasteiger partial charge on any atom is -0.503 e. The third-order valence-corrected chi connectivity index (χ3v) is 5.64. The highest BCUT2D eigenvalue weighted by Gasteiger charge is 2.42. The standard InChI is InChI=1S/C20H17ClN4O6/c1-9-8-30-15-7-24-6-11(17(26)18(27)16(24)20(29)25(9)15)19(28)22-5-14-23-12-3-2-10(21)4-13(12)31-14/h2-4,6,9,15,27H,5,7-8H2,1H3,(H,22,28)/t9-,15+/m0/s1. The first-order valence-corrected chi connectivity index (χ1v) is 9.95. The summed E-state index contributed by atoms with van der Waals surface area (Å²) in [7, 11) is 0. The number of nitrogens with one attached hydrogen (secondary N) is 1. The van der Waals surface area contributed by atoms with Crippen molar-refractivity contribution in [2.75, 3.05) is 6.61 Å². The predicted molar refractivity (Wildman–Crippen MR) is 108 cm³/mol. The van der Waals surface area contributed by atoms with Gasteiger partial charge in [-0.1, -0.05) is 11.6 Å². The van der Waals surface area contributed by atoms with Crippen LogP contribution >= 0.6 is 11.6 Å². The highest BCUT2D eigenvalue weighted by Crippen LogP contribution is 2.29. The van der Waals surface area contributed by atoms with E-state index in [1.54, 1.807) is 18.2 Å². The van der Waals surface area contributed by atoms with E-state index in [0.29, 0.717) is 22.7 Å². The zero-order valence-electron chi connectivity index (χ0n) is 16.3. The summed E-state index contributed by atoms with van der Waals surface area (Å²) < 4.78 is 12.5. The largest absolute Gasteiger partial charge is 0.503 e. The van der Waals surface area contributed by atoms with Gasteiger partial charge in [0.1, 0.15) is 11.1 Å². The first-order valence-electron chi connectivity index (χ1n) is 9.57. The molecule has 0 unspecified atom stereocenters. The van der Waals surface area contributed by atoms with Gasteiger partial charge in [-0.15, -0.1) is 0 Å². The molecule has 2 aliphatic heterocycles. The fraction of sp³-hybridized carbons (Fsp3) is 0.300. The molecule has 2 N–H and O–H groups in total. The maximum atomic E-state index is 12.8. The van der Waals surface area contributed by atoms with Crippen LogP contribution < -0.4 is 10.7 Å². The van der Waals surface area contributed by atoms with E-state index in [2.05, 4.69) is 10.3 Å². The fourth-order valence-electron chi connectivity index (χ4n) is 3.91. The predicted octanol–water partition coefficient (Wildman–Crippen LogP) is 1.48. The number of halogens is 1. The topological polar surface area (TPSA) is 127 Å². The van der Waals surface area contributed by atoms with Crippen LogP contribution in [0.3, 0.4) is 0 Å². The minimum absolute atomic E-state index is 0.0803. The van der Waals surface area contributed by atoms with Gasteiger partial charge < -0.3 is 29.0 Å². The normalized spacial score (nSPS) is 20.1. The van der Waals surface area contributed by atoms with Gasteiger partial charge >= 0.3 is 0 Å². The van der Waals surface area contributed by atoms with Crippen LogP contribution in [0, 0.1) is 0 Å². The Morgan fingerprint density at radius 2 is 2.19 bits per heavy atom. The van der Waals surface area contributed by atoms with Crippen LogP contribution in [0.25, 0.3) is 11.1 Å². The van der Waals surface area contributed by atoms with Crippen molar-refractivity contribution < 1.29 is 23.8 Å². The second-order valence-electron chi connectivity index (χ2n) is 7.47. The van der Waals surface area contributed by atoms with E-state index >= 15 is 0 Å². The number of carbonyl (C=O) groups is 2. The molecule has 0 aliphatic carbocycles. The first kappa shape index (κ1) is 19.6. The van der Waals surface area contributed by atoms with Gasteiger partial charge in [0.2, 0.25) is 11.3 Å². The molecule has 0 saturated carbocycles. The van der Waals surface area contributed by atoms with E-state index < -0.39 is 29.2 Å². The van der Waals surface area contributed by atoms with Crippen LogP contribution in [0.5, 0.6) is 5.75 Å². The molecule has 1 aromatic carbocycles. The summed E-state index contributed by atoms with van der Waals surface area (Å²) >= 11 is 5.92. The average Bonchev–Trinajstić information content (AvgIpc) is 3.31. The van der Waals surface area contributed by atoms with Crippen molar-refractivity contribution in [2.45, 2.75) is 32.3 Å². The van der Waals surface area contributed by atoms with Gasteiger partial charge in [0.05, 0.1) is 25.7 Å². The summed E-state index contributed by atoms with van der Waals surface area (Å²) in [6, 6.07) is 4.79. The Hall–Kier alpha value is -3.37. The van der Waals surface area contributed by atoms with Crippen molar-refractivity contribution in [2.24, 2.45) is 0 Å². The summed E-state index contributed by atoms with van der Waals surface area (Å²) in [5, 5.41) is 13.5. The number of carbonyl (C=O) groups excluding carboxylic acids is 2. The lowest BCUT2D eigenvalue weighted by atomic mass is 10.1. The number of rotatable bonds is 3. The molecule has 2 aliphatic rings. The second kappa shape index (κ2) is 7.10. The molecular formula is C20H17ClN4O6. The van der Waals surface area contributed by atoms with Crippen molar-refractivity contribution in [1.82, 2.24) is 19.8 Å². The van der Waals surface area contributed by atoms with E-state index in [9.17, 15) is 19.5 Å². The number of aromatic hydroxyl groups is 1. The van der Waals surface area contributed by atoms with Gasteiger partial charge in [0.15, 0.2) is 23.3 Å². The van der Waals surface area contributed by atoms with Crippen molar-refractivity contribution in [3.05, 3.63) is 56.8 Å². The van der Waals surface area contributed by atoms with E-state index in [4.69, 9.17) is 20.8 Å². The zero-order valence-corrected chi connectivity index (χ0v) is 17.0. The van der Waals surface area contributed by atoms with Crippen LogP contribution in [0.2, 0.25) is 5.02 Å². The van der Waals surface area contributed by atoms with Gasteiger partial charge in [-0.2, -0.15) is 0 Å². The quantitative estimate of drug-likeness (QED) is 0.626. The summed E-state index contributed by atoms with van der Waals surface area (Å²) in [5.74, 6) is -1.77. The van der Waals surface area contributed by atoms with E-state index in [1.165, 1.54) is 15.7 Å². The Labute approximate surface area is 180 Å². The van der Waals surface area contributed by atoms with Gasteiger partial charge in [-0.25, -0.2) is 4.98 Å². The number of aromatic nitrogens is 2. The van der Waals surface area contributed by atoms with Crippen LogP contribution in [0.4, 0.5) is 0 Å². The molecule has 0 bridgehead atoms. The lowest BCUT2D eigenvalue weighted by Gasteiger charge is -2.33. The fourth-order valence-corrected chi connectivity index (χ4v) is 4.07. The highest BCUT2D eigenvalue weighted by atomic mass is 35.5. The molecule has 5 rings (SSSR count). The van der Waals surface area contributed by atoms with Gasteiger partial charge in [-0.3, -0.25) is 14.4 Å². The van der Waals surface area contributed by atoms with Gasteiger partial charge in [0.25, 0.3) is 11.8 Å². The Balaban J connectivity index is 1.41. The van der Waals surface area contributed by atoms with Gasteiger partial charge in [-0.05, 0) is 19.1 Å². The molecule has 160 valence electrons. The molecule has 11 heteroatoms. The number of pyridine rings is 1. The zero-order chi connectivity index (χ0) is 21.9. The molecule has 4 heterocycles. The molecule has 31 heavy (non-hydrogen) atoms. The molecule has 2 amide bonds. The van der Waals surface area contributed by atoms with E-state index in [1.807, 2.05) is 6.92 Å². The summed E-state index contributed by atoms with van der Waals surface area (Å²) in [6.07, 6.45) is 0.750. The average molecular weight is 445 g/mol.